The SMILES string of the molecule is CNc1ccc(C(=O)NC2CCCSC2)cc1. The molecule has 1 aliphatic rings. The van der Waals surface area contributed by atoms with Gasteiger partial charge in [-0.2, -0.15) is 11.8 Å². The maximum absolute atomic E-state index is 12.0. The summed E-state index contributed by atoms with van der Waals surface area (Å²) in [6.07, 6.45) is 2.31. The molecule has 17 heavy (non-hydrogen) atoms. The van der Waals surface area contributed by atoms with E-state index in [9.17, 15) is 4.79 Å². The van der Waals surface area contributed by atoms with E-state index in [2.05, 4.69) is 10.6 Å². The molecule has 4 heteroatoms. The van der Waals surface area contributed by atoms with E-state index in [1.54, 1.807) is 0 Å². The average Bonchev–Trinajstić information content (AvgIpc) is 2.40. The first-order chi connectivity index (χ1) is 8.29. The maximum atomic E-state index is 12.0. The van der Waals surface area contributed by atoms with Crippen molar-refractivity contribution in [2.24, 2.45) is 0 Å². The summed E-state index contributed by atoms with van der Waals surface area (Å²) >= 11 is 1.92. The first-order valence-corrected chi connectivity index (χ1v) is 7.11. The number of thioether (sulfide) groups is 1. The molecule has 0 bridgehead atoms. The van der Waals surface area contributed by atoms with Gasteiger partial charge >= 0.3 is 0 Å². The Bertz CT molecular complexity index is 372. The van der Waals surface area contributed by atoms with Crippen molar-refractivity contribution in [3.05, 3.63) is 29.8 Å². The van der Waals surface area contributed by atoms with Crippen LogP contribution in [0.5, 0.6) is 0 Å². The van der Waals surface area contributed by atoms with Crippen molar-refractivity contribution in [1.29, 1.82) is 0 Å². The van der Waals surface area contributed by atoms with Crippen molar-refractivity contribution in [2.45, 2.75) is 18.9 Å². The Morgan fingerprint density at radius 3 is 2.71 bits per heavy atom. The highest BCUT2D eigenvalue weighted by molar-refractivity contribution is 7.99. The van der Waals surface area contributed by atoms with Gasteiger partial charge in [-0.05, 0) is 42.9 Å². The Hall–Kier alpha value is -1.16. The summed E-state index contributed by atoms with van der Waals surface area (Å²) in [5.41, 5.74) is 1.76. The second-order valence-corrected chi connectivity index (χ2v) is 5.36. The third kappa shape index (κ3) is 3.40. The molecule has 3 nitrogen and oxygen atoms in total. The van der Waals surface area contributed by atoms with Crippen LogP contribution in [0, 0.1) is 0 Å². The van der Waals surface area contributed by atoms with Crippen molar-refractivity contribution in [1.82, 2.24) is 5.32 Å². The van der Waals surface area contributed by atoms with E-state index < -0.39 is 0 Å². The Labute approximate surface area is 106 Å². The minimum atomic E-state index is 0.0418. The van der Waals surface area contributed by atoms with Crippen molar-refractivity contribution >= 4 is 23.4 Å². The van der Waals surface area contributed by atoms with Gasteiger partial charge in [0.25, 0.3) is 5.91 Å². The van der Waals surface area contributed by atoms with Crippen LogP contribution in [0.4, 0.5) is 5.69 Å². The van der Waals surface area contributed by atoms with Gasteiger partial charge in [0.2, 0.25) is 0 Å². The molecule has 0 radical (unpaired) electrons. The Morgan fingerprint density at radius 1 is 1.35 bits per heavy atom. The molecule has 1 unspecified atom stereocenters. The fraction of sp³-hybridized carbons (Fsp3) is 0.462. The topological polar surface area (TPSA) is 41.1 Å². The molecule has 1 heterocycles. The van der Waals surface area contributed by atoms with E-state index in [-0.39, 0.29) is 5.91 Å². The average molecular weight is 250 g/mol. The van der Waals surface area contributed by atoms with Crippen LogP contribution >= 0.6 is 11.8 Å². The number of carbonyl (C=O) groups excluding carboxylic acids is 1. The van der Waals surface area contributed by atoms with Crippen LogP contribution in [-0.4, -0.2) is 30.5 Å². The third-order valence-corrected chi connectivity index (χ3v) is 4.15. The second kappa shape index (κ2) is 5.96. The Morgan fingerprint density at radius 2 is 2.12 bits per heavy atom. The molecule has 0 saturated carbocycles. The van der Waals surface area contributed by atoms with Crippen LogP contribution in [-0.2, 0) is 0 Å². The van der Waals surface area contributed by atoms with Gasteiger partial charge < -0.3 is 10.6 Å². The zero-order valence-corrected chi connectivity index (χ0v) is 10.8. The first-order valence-electron chi connectivity index (χ1n) is 5.96. The fourth-order valence-electron chi connectivity index (χ4n) is 1.91. The van der Waals surface area contributed by atoms with Gasteiger partial charge in [-0.3, -0.25) is 4.79 Å². The maximum Gasteiger partial charge on any atom is 0.251 e. The Balaban J connectivity index is 1.93. The molecule has 1 fully saturated rings. The minimum absolute atomic E-state index is 0.0418. The van der Waals surface area contributed by atoms with E-state index >= 15 is 0 Å². The van der Waals surface area contributed by atoms with E-state index in [0.717, 1.165) is 23.4 Å². The lowest BCUT2D eigenvalue weighted by Crippen LogP contribution is -2.38. The molecule has 92 valence electrons. The largest absolute Gasteiger partial charge is 0.388 e. The Kier molecular flexibility index (Phi) is 4.31. The molecule has 1 atom stereocenters. The summed E-state index contributed by atoms with van der Waals surface area (Å²) in [6.45, 7) is 0. The van der Waals surface area contributed by atoms with Crippen LogP contribution in [0.15, 0.2) is 24.3 Å². The lowest BCUT2D eigenvalue weighted by molar-refractivity contribution is 0.0938. The number of amides is 1. The van der Waals surface area contributed by atoms with E-state index in [1.165, 1.54) is 12.2 Å². The normalized spacial score (nSPS) is 19.7. The van der Waals surface area contributed by atoms with Crippen molar-refractivity contribution in [3.8, 4) is 0 Å². The van der Waals surface area contributed by atoms with Gasteiger partial charge in [-0.1, -0.05) is 0 Å². The predicted molar refractivity (Wildman–Crippen MR) is 73.8 cm³/mol. The minimum Gasteiger partial charge on any atom is -0.388 e. The standard InChI is InChI=1S/C13H18N2OS/c1-14-11-6-4-10(5-7-11)13(16)15-12-3-2-8-17-9-12/h4-7,12,14H,2-3,8-9H2,1H3,(H,15,16). The summed E-state index contributed by atoms with van der Waals surface area (Å²) in [5, 5.41) is 6.13. The highest BCUT2D eigenvalue weighted by Gasteiger charge is 2.16. The van der Waals surface area contributed by atoms with E-state index in [4.69, 9.17) is 0 Å². The van der Waals surface area contributed by atoms with Crippen LogP contribution in [0.25, 0.3) is 0 Å². The monoisotopic (exact) mass is 250 g/mol. The van der Waals surface area contributed by atoms with Gasteiger partial charge in [-0.25, -0.2) is 0 Å². The first kappa shape index (κ1) is 12.3. The van der Waals surface area contributed by atoms with Crippen molar-refractivity contribution in [3.63, 3.8) is 0 Å². The van der Waals surface area contributed by atoms with Crippen molar-refractivity contribution < 1.29 is 4.79 Å². The lowest BCUT2D eigenvalue weighted by atomic mass is 10.1. The number of hydrogen-bond acceptors (Lipinski definition) is 3. The smallest absolute Gasteiger partial charge is 0.251 e. The number of nitrogens with one attached hydrogen (secondary N) is 2. The van der Waals surface area contributed by atoms with E-state index in [1.807, 2.05) is 43.1 Å². The number of carbonyl (C=O) groups is 1. The number of hydrogen-bond donors (Lipinski definition) is 2. The van der Waals surface area contributed by atoms with Crippen LogP contribution < -0.4 is 10.6 Å². The molecule has 1 saturated heterocycles. The van der Waals surface area contributed by atoms with E-state index in [0.29, 0.717) is 6.04 Å². The molecule has 2 N–H and O–H groups in total. The zero-order valence-electron chi connectivity index (χ0n) is 10.0. The van der Waals surface area contributed by atoms with Gasteiger partial charge in [0.05, 0.1) is 0 Å². The summed E-state index contributed by atoms with van der Waals surface area (Å²) < 4.78 is 0. The quantitative estimate of drug-likeness (QED) is 0.865. The van der Waals surface area contributed by atoms with Crippen molar-refractivity contribution in [2.75, 3.05) is 23.9 Å². The molecule has 2 rings (SSSR count). The molecule has 0 spiro atoms. The summed E-state index contributed by atoms with van der Waals surface area (Å²) in [5.74, 6) is 2.31. The molecular formula is C13H18N2OS. The van der Waals surface area contributed by atoms with Gasteiger partial charge in [-0.15, -0.1) is 0 Å². The molecule has 1 aromatic carbocycles. The van der Waals surface area contributed by atoms with Crippen LogP contribution in [0.2, 0.25) is 0 Å². The molecule has 0 aliphatic carbocycles. The van der Waals surface area contributed by atoms with Gasteiger partial charge in [0, 0.05) is 30.1 Å². The third-order valence-electron chi connectivity index (χ3n) is 2.93. The summed E-state index contributed by atoms with van der Waals surface area (Å²) in [6, 6.07) is 7.90. The lowest BCUT2D eigenvalue weighted by Gasteiger charge is -2.22. The van der Waals surface area contributed by atoms with Gasteiger partial charge in [0.15, 0.2) is 0 Å². The van der Waals surface area contributed by atoms with Crippen LogP contribution in [0.3, 0.4) is 0 Å². The summed E-state index contributed by atoms with van der Waals surface area (Å²) in [4.78, 5) is 12.0. The molecular weight excluding hydrogens is 232 g/mol. The molecule has 1 amide bonds. The zero-order chi connectivity index (χ0) is 12.1. The predicted octanol–water partition coefficient (Wildman–Crippen LogP) is 2.35. The molecule has 1 aromatic rings. The molecule has 1 aliphatic heterocycles. The fourth-order valence-corrected chi connectivity index (χ4v) is 2.98. The number of rotatable bonds is 3. The van der Waals surface area contributed by atoms with Crippen LogP contribution in [0.1, 0.15) is 23.2 Å². The number of anilines is 1. The van der Waals surface area contributed by atoms with Gasteiger partial charge in [0.1, 0.15) is 0 Å². The highest BCUT2D eigenvalue weighted by atomic mass is 32.2. The highest BCUT2D eigenvalue weighted by Crippen LogP contribution is 2.17. The summed E-state index contributed by atoms with van der Waals surface area (Å²) in [7, 11) is 1.87. The second-order valence-electron chi connectivity index (χ2n) is 4.21. The number of benzene rings is 1. The molecule has 0 aromatic heterocycles.